The maximum atomic E-state index is 13.0. The Morgan fingerprint density at radius 2 is 2.33 bits per heavy atom. The predicted octanol–water partition coefficient (Wildman–Crippen LogP) is 2.55. The van der Waals surface area contributed by atoms with Gasteiger partial charge in [0.2, 0.25) is 11.7 Å². The van der Waals surface area contributed by atoms with Gasteiger partial charge in [-0.25, -0.2) is 4.39 Å². The molecule has 0 aliphatic carbocycles. The van der Waals surface area contributed by atoms with Gasteiger partial charge in [0.05, 0.1) is 11.1 Å². The fourth-order valence-corrected chi connectivity index (χ4v) is 1.53. The molecule has 0 aliphatic rings. The molecule has 0 aliphatic heterocycles. The van der Waals surface area contributed by atoms with Crippen molar-refractivity contribution >= 4 is 11.6 Å². The van der Waals surface area contributed by atoms with Crippen molar-refractivity contribution in [3.8, 4) is 23.7 Å². The highest BCUT2D eigenvalue weighted by molar-refractivity contribution is 6.31. The maximum absolute atomic E-state index is 13.0. The van der Waals surface area contributed by atoms with Crippen molar-refractivity contribution < 1.29 is 8.91 Å². The van der Waals surface area contributed by atoms with E-state index in [4.69, 9.17) is 28.3 Å². The number of nitrogens with two attached hydrogens (primary N) is 1. The first-order chi connectivity index (χ1) is 8.61. The molecule has 1 heterocycles. The highest BCUT2D eigenvalue weighted by Crippen LogP contribution is 2.23. The van der Waals surface area contributed by atoms with Gasteiger partial charge in [0.15, 0.2) is 0 Å². The van der Waals surface area contributed by atoms with Crippen LogP contribution in [-0.2, 0) is 0 Å². The predicted molar refractivity (Wildman–Crippen MR) is 65.1 cm³/mol. The van der Waals surface area contributed by atoms with Gasteiger partial charge in [-0.2, -0.15) is 4.98 Å². The molecule has 0 saturated heterocycles. The molecule has 0 bridgehead atoms. The summed E-state index contributed by atoms with van der Waals surface area (Å²) in [5, 5.41) is 3.74. The molecular formula is C12H9ClFN3O. The quantitative estimate of drug-likeness (QED) is 0.866. The Hall–Kier alpha value is -1.90. The van der Waals surface area contributed by atoms with Crippen LogP contribution in [0.25, 0.3) is 11.4 Å². The molecule has 2 aromatic rings. The Balaban J connectivity index is 2.29. The van der Waals surface area contributed by atoms with Gasteiger partial charge in [-0.3, -0.25) is 0 Å². The summed E-state index contributed by atoms with van der Waals surface area (Å²) in [7, 11) is 0. The molecule has 6 heteroatoms. The van der Waals surface area contributed by atoms with E-state index in [2.05, 4.69) is 16.1 Å². The van der Waals surface area contributed by atoms with Gasteiger partial charge in [0.1, 0.15) is 5.82 Å². The molecule has 4 nitrogen and oxygen atoms in total. The van der Waals surface area contributed by atoms with Gasteiger partial charge in [0.25, 0.3) is 0 Å². The number of aromatic nitrogens is 2. The van der Waals surface area contributed by atoms with E-state index in [0.717, 1.165) is 0 Å². The van der Waals surface area contributed by atoms with Crippen molar-refractivity contribution in [3.05, 3.63) is 34.9 Å². The average molecular weight is 266 g/mol. The summed E-state index contributed by atoms with van der Waals surface area (Å²) in [6.45, 7) is 0. The summed E-state index contributed by atoms with van der Waals surface area (Å²) in [5.74, 6) is 2.43. The van der Waals surface area contributed by atoms with Crippen LogP contribution < -0.4 is 5.73 Å². The highest BCUT2D eigenvalue weighted by atomic mass is 35.5. The summed E-state index contributed by atoms with van der Waals surface area (Å²) in [6, 6.07) is 3.64. The van der Waals surface area contributed by atoms with E-state index in [-0.39, 0.29) is 10.9 Å². The van der Waals surface area contributed by atoms with Crippen molar-refractivity contribution in [2.75, 3.05) is 0 Å². The van der Waals surface area contributed by atoms with Gasteiger partial charge in [-0.05, 0) is 18.2 Å². The molecule has 2 rings (SSSR count). The molecule has 18 heavy (non-hydrogen) atoms. The Bertz CT molecular complexity index is 606. The van der Waals surface area contributed by atoms with Crippen LogP contribution in [0.2, 0.25) is 5.02 Å². The summed E-state index contributed by atoms with van der Waals surface area (Å²) in [5.41, 5.74) is 6.27. The topological polar surface area (TPSA) is 64.9 Å². The van der Waals surface area contributed by atoms with Gasteiger partial charge >= 0.3 is 0 Å². The molecule has 1 aromatic heterocycles. The summed E-state index contributed by atoms with van der Waals surface area (Å²) < 4.78 is 18.0. The lowest BCUT2D eigenvalue weighted by Gasteiger charge is -1.99. The van der Waals surface area contributed by atoms with Crippen LogP contribution in [0.5, 0.6) is 0 Å². The number of rotatable bonds is 3. The molecule has 1 aromatic carbocycles. The van der Waals surface area contributed by atoms with Crippen molar-refractivity contribution in [2.45, 2.75) is 12.5 Å². The number of hydrogen-bond acceptors (Lipinski definition) is 4. The molecule has 2 N–H and O–H groups in total. The second-order valence-electron chi connectivity index (χ2n) is 3.60. The lowest BCUT2D eigenvalue weighted by Crippen LogP contribution is -2.09. The third-order valence-corrected chi connectivity index (χ3v) is 2.56. The van der Waals surface area contributed by atoms with E-state index < -0.39 is 11.9 Å². The molecule has 92 valence electrons. The van der Waals surface area contributed by atoms with Gasteiger partial charge in [0, 0.05) is 12.0 Å². The SMILES string of the molecule is C#CCC(N)c1nc(-c2ccc(F)c(Cl)c2)no1. The Morgan fingerprint density at radius 1 is 1.56 bits per heavy atom. The minimum Gasteiger partial charge on any atom is -0.337 e. The first kappa shape index (κ1) is 12.6. The normalized spacial score (nSPS) is 12.1. The van der Waals surface area contributed by atoms with Gasteiger partial charge in [-0.1, -0.05) is 16.8 Å². The number of hydrogen-bond donors (Lipinski definition) is 1. The van der Waals surface area contributed by atoms with Crippen LogP contribution in [0.4, 0.5) is 4.39 Å². The van der Waals surface area contributed by atoms with Crippen molar-refractivity contribution in [2.24, 2.45) is 5.73 Å². The Labute approximate surface area is 108 Å². The van der Waals surface area contributed by atoms with E-state index in [1.54, 1.807) is 0 Å². The molecule has 1 unspecified atom stereocenters. The number of halogens is 2. The maximum Gasteiger partial charge on any atom is 0.244 e. The lowest BCUT2D eigenvalue weighted by atomic mass is 10.2. The number of benzene rings is 1. The number of nitrogens with zero attached hydrogens (tertiary/aromatic N) is 2. The second kappa shape index (κ2) is 5.17. The standard InChI is InChI=1S/C12H9ClFN3O/c1-2-3-10(15)12-16-11(17-18-12)7-4-5-9(14)8(13)6-7/h1,4-6,10H,3,15H2. The summed E-state index contributed by atoms with van der Waals surface area (Å²) in [4.78, 5) is 4.09. The molecule has 0 fully saturated rings. The number of terminal acetylenes is 1. The zero-order valence-electron chi connectivity index (χ0n) is 9.23. The zero-order chi connectivity index (χ0) is 13.1. The molecule has 0 saturated carbocycles. The largest absolute Gasteiger partial charge is 0.337 e. The van der Waals surface area contributed by atoms with Gasteiger partial charge < -0.3 is 10.3 Å². The van der Waals surface area contributed by atoms with E-state index in [0.29, 0.717) is 17.8 Å². The van der Waals surface area contributed by atoms with Crippen LogP contribution in [0.15, 0.2) is 22.7 Å². The van der Waals surface area contributed by atoms with E-state index >= 15 is 0 Å². The molecular weight excluding hydrogens is 257 g/mol. The second-order valence-corrected chi connectivity index (χ2v) is 4.01. The van der Waals surface area contributed by atoms with Crippen LogP contribution in [0, 0.1) is 18.2 Å². The van der Waals surface area contributed by atoms with Crippen molar-refractivity contribution in [3.63, 3.8) is 0 Å². The van der Waals surface area contributed by atoms with Crippen LogP contribution in [0.1, 0.15) is 18.4 Å². The monoisotopic (exact) mass is 265 g/mol. The fraction of sp³-hybridized carbons (Fsp3) is 0.167. The van der Waals surface area contributed by atoms with Gasteiger partial charge in [-0.15, -0.1) is 12.3 Å². The van der Waals surface area contributed by atoms with Crippen molar-refractivity contribution in [1.82, 2.24) is 10.1 Å². The summed E-state index contributed by atoms with van der Waals surface area (Å²) >= 11 is 5.67. The third kappa shape index (κ3) is 2.50. The minimum atomic E-state index is -0.507. The smallest absolute Gasteiger partial charge is 0.244 e. The lowest BCUT2D eigenvalue weighted by molar-refractivity contribution is 0.357. The van der Waals surface area contributed by atoms with Crippen LogP contribution in [-0.4, -0.2) is 10.1 Å². The fourth-order valence-electron chi connectivity index (χ4n) is 1.35. The highest BCUT2D eigenvalue weighted by Gasteiger charge is 2.15. The van der Waals surface area contributed by atoms with E-state index in [1.165, 1.54) is 18.2 Å². The molecule has 1 atom stereocenters. The first-order valence-electron chi connectivity index (χ1n) is 5.10. The average Bonchev–Trinajstić information content (AvgIpc) is 2.82. The molecule has 0 spiro atoms. The van der Waals surface area contributed by atoms with E-state index in [1.807, 2.05) is 0 Å². The Morgan fingerprint density at radius 3 is 3.00 bits per heavy atom. The van der Waals surface area contributed by atoms with E-state index in [9.17, 15) is 4.39 Å². The zero-order valence-corrected chi connectivity index (χ0v) is 9.99. The molecule has 0 amide bonds. The van der Waals surface area contributed by atoms with Crippen LogP contribution >= 0.6 is 11.6 Å². The van der Waals surface area contributed by atoms with Crippen LogP contribution in [0.3, 0.4) is 0 Å². The molecule has 0 radical (unpaired) electrons. The summed E-state index contributed by atoms with van der Waals surface area (Å²) in [6.07, 6.45) is 5.44. The van der Waals surface area contributed by atoms with Crippen molar-refractivity contribution in [1.29, 1.82) is 0 Å². The Kier molecular flexibility index (Phi) is 3.60. The first-order valence-corrected chi connectivity index (χ1v) is 5.47. The third-order valence-electron chi connectivity index (χ3n) is 2.27. The minimum absolute atomic E-state index is 0.00762.